The summed E-state index contributed by atoms with van der Waals surface area (Å²) in [5.41, 5.74) is 7.81. The van der Waals surface area contributed by atoms with Crippen molar-refractivity contribution in [2.75, 3.05) is 26.2 Å². The fourth-order valence-electron chi connectivity index (χ4n) is 2.55. The molecular formula is C16H23N3O2. The molecule has 0 saturated carbocycles. The van der Waals surface area contributed by atoms with Crippen LogP contribution in [0.3, 0.4) is 0 Å². The van der Waals surface area contributed by atoms with Gasteiger partial charge in [-0.15, -0.1) is 0 Å². The van der Waals surface area contributed by atoms with Crippen molar-refractivity contribution in [3.8, 4) is 0 Å². The van der Waals surface area contributed by atoms with Gasteiger partial charge in [-0.05, 0) is 25.0 Å². The van der Waals surface area contributed by atoms with Crippen LogP contribution in [0, 0.1) is 6.92 Å². The van der Waals surface area contributed by atoms with Gasteiger partial charge in [-0.3, -0.25) is 9.59 Å². The SMILES string of the molecule is Cc1ccccc1CC(=O)N1CCN(C(=O)[C@@H](C)N)CC1. The number of nitrogens with two attached hydrogens (primary N) is 1. The zero-order chi connectivity index (χ0) is 15.4. The minimum Gasteiger partial charge on any atom is -0.339 e. The summed E-state index contributed by atoms with van der Waals surface area (Å²) in [4.78, 5) is 27.7. The summed E-state index contributed by atoms with van der Waals surface area (Å²) in [5, 5.41) is 0. The molecule has 5 heteroatoms. The molecule has 1 aromatic carbocycles. The standard InChI is InChI=1S/C16H23N3O2/c1-12-5-3-4-6-14(12)11-15(20)18-7-9-19(10-8-18)16(21)13(2)17/h3-6,13H,7-11,17H2,1-2H3/t13-/m1/s1. The molecule has 1 saturated heterocycles. The monoisotopic (exact) mass is 289 g/mol. The second kappa shape index (κ2) is 6.72. The Hall–Kier alpha value is -1.88. The Kier molecular flexibility index (Phi) is 4.96. The molecule has 1 atom stereocenters. The molecule has 2 amide bonds. The average molecular weight is 289 g/mol. The van der Waals surface area contributed by atoms with Crippen LogP contribution in [0.25, 0.3) is 0 Å². The van der Waals surface area contributed by atoms with E-state index in [1.165, 1.54) is 0 Å². The van der Waals surface area contributed by atoms with E-state index in [1.54, 1.807) is 11.8 Å². The molecule has 2 N–H and O–H groups in total. The Morgan fingerprint density at radius 2 is 1.71 bits per heavy atom. The number of carbonyl (C=O) groups is 2. The van der Waals surface area contributed by atoms with Crippen LogP contribution >= 0.6 is 0 Å². The summed E-state index contributed by atoms with van der Waals surface area (Å²) in [6, 6.07) is 7.46. The maximum Gasteiger partial charge on any atom is 0.239 e. The van der Waals surface area contributed by atoms with Gasteiger partial charge in [0.25, 0.3) is 0 Å². The van der Waals surface area contributed by atoms with Gasteiger partial charge in [0.2, 0.25) is 11.8 Å². The normalized spacial score (nSPS) is 16.7. The molecule has 0 unspecified atom stereocenters. The van der Waals surface area contributed by atoms with E-state index in [2.05, 4.69) is 0 Å². The minimum atomic E-state index is -0.473. The van der Waals surface area contributed by atoms with E-state index < -0.39 is 6.04 Å². The molecule has 1 aromatic rings. The van der Waals surface area contributed by atoms with Crippen molar-refractivity contribution >= 4 is 11.8 Å². The average Bonchev–Trinajstić information content (AvgIpc) is 2.49. The van der Waals surface area contributed by atoms with Crippen molar-refractivity contribution in [3.63, 3.8) is 0 Å². The summed E-state index contributed by atoms with van der Waals surface area (Å²) in [7, 11) is 0. The van der Waals surface area contributed by atoms with Crippen molar-refractivity contribution in [2.45, 2.75) is 26.3 Å². The van der Waals surface area contributed by atoms with Gasteiger partial charge in [0.05, 0.1) is 12.5 Å². The molecule has 0 aliphatic carbocycles. The zero-order valence-electron chi connectivity index (χ0n) is 12.7. The van der Waals surface area contributed by atoms with E-state index in [-0.39, 0.29) is 11.8 Å². The molecular weight excluding hydrogens is 266 g/mol. The Labute approximate surface area is 125 Å². The summed E-state index contributed by atoms with van der Waals surface area (Å²) in [5.74, 6) is 0.0817. The maximum absolute atomic E-state index is 12.3. The number of amides is 2. The first-order valence-electron chi connectivity index (χ1n) is 7.35. The van der Waals surface area contributed by atoms with E-state index in [1.807, 2.05) is 36.1 Å². The molecule has 21 heavy (non-hydrogen) atoms. The number of nitrogens with zero attached hydrogens (tertiary/aromatic N) is 2. The van der Waals surface area contributed by atoms with Gasteiger partial charge in [-0.25, -0.2) is 0 Å². The fraction of sp³-hybridized carbons (Fsp3) is 0.500. The molecule has 0 spiro atoms. The second-order valence-electron chi connectivity index (χ2n) is 5.60. The molecule has 0 aromatic heterocycles. The van der Waals surface area contributed by atoms with Gasteiger partial charge >= 0.3 is 0 Å². The highest BCUT2D eigenvalue weighted by Gasteiger charge is 2.25. The number of hydrogen-bond donors (Lipinski definition) is 1. The lowest BCUT2D eigenvalue weighted by Crippen LogP contribution is -2.54. The Bertz CT molecular complexity index is 520. The molecule has 1 aliphatic heterocycles. The van der Waals surface area contributed by atoms with Crippen LogP contribution in [-0.2, 0) is 16.0 Å². The van der Waals surface area contributed by atoms with Gasteiger partial charge in [0.15, 0.2) is 0 Å². The minimum absolute atomic E-state index is 0.0407. The third-order valence-electron chi connectivity index (χ3n) is 3.94. The third-order valence-corrected chi connectivity index (χ3v) is 3.94. The van der Waals surface area contributed by atoms with Gasteiger partial charge in [0, 0.05) is 26.2 Å². The highest BCUT2D eigenvalue weighted by atomic mass is 16.2. The summed E-state index contributed by atoms with van der Waals surface area (Å²) in [6.45, 7) is 6.02. The van der Waals surface area contributed by atoms with E-state index in [4.69, 9.17) is 5.73 Å². The quantitative estimate of drug-likeness (QED) is 0.884. The lowest BCUT2D eigenvalue weighted by Gasteiger charge is -2.35. The third kappa shape index (κ3) is 3.82. The van der Waals surface area contributed by atoms with Crippen LogP contribution < -0.4 is 5.73 Å². The first-order chi connectivity index (χ1) is 9.99. The van der Waals surface area contributed by atoms with Crippen LogP contribution in [0.4, 0.5) is 0 Å². The second-order valence-corrected chi connectivity index (χ2v) is 5.60. The van der Waals surface area contributed by atoms with Gasteiger partial charge in [-0.2, -0.15) is 0 Å². The highest BCUT2D eigenvalue weighted by Crippen LogP contribution is 2.11. The van der Waals surface area contributed by atoms with Crippen molar-refractivity contribution in [1.29, 1.82) is 0 Å². The Morgan fingerprint density at radius 3 is 2.29 bits per heavy atom. The molecule has 2 rings (SSSR count). The Morgan fingerprint density at radius 1 is 1.14 bits per heavy atom. The number of aryl methyl sites for hydroxylation is 1. The Balaban J connectivity index is 1.89. The van der Waals surface area contributed by atoms with Crippen LogP contribution in [0.5, 0.6) is 0 Å². The first kappa shape index (κ1) is 15.5. The molecule has 5 nitrogen and oxygen atoms in total. The first-order valence-corrected chi connectivity index (χ1v) is 7.35. The van der Waals surface area contributed by atoms with E-state index in [0.717, 1.165) is 11.1 Å². The van der Waals surface area contributed by atoms with Crippen LogP contribution in [-0.4, -0.2) is 53.8 Å². The van der Waals surface area contributed by atoms with E-state index in [0.29, 0.717) is 32.6 Å². The van der Waals surface area contributed by atoms with Crippen molar-refractivity contribution in [2.24, 2.45) is 5.73 Å². The number of piperazine rings is 1. The fourth-order valence-corrected chi connectivity index (χ4v) is 2.55. The van der Waals surface area contributed by atoms with Crippen molar-refractivity contribution in [1.82, 2.24) is 9.80 Å². The van der Waals surface area contributed by atoms with E-state index >= 15 is 0 Å². The largest absolute Gasteiger partial charge is 0.339 e. The van der Waals surface area contributed by atoms with Crippen LogP contribution in [0.2, 0.25) is 0 Å². The predicted molar refractivity (Wildman–Crippen MR) is 81.7 cm³/mol. The molecule has 114 valence electrons. The van der Waals surface area contributed by atoms with E-state index in [9.17, 15) is 9.59 Å². The summed E-state index contributed by atoms with van der Waals surface area (Å²) in [6.07, 6.45) is 0.425. The predicted octanol–water partition coefficient (Wildman–Crippen LogP) is 0.556. The van der Waals surface area contributed by atoms with Crippen LogP contribution in [0.15, 0.2) is 24.3 Å². The topological polar surface area (TPSA) is 66.6 Å². The molecule has 0 radical (unpaired) electrons. The zero-order valence-corrected chi connectivity index (χ0v) is 12.7. The molecule has 1 aliphatic rings. The maximum atomic E-state index is 12.3. The van der Waals surface area contributed by atoms with Crippen LogP contribution in [0.1, 0.15) is 18.1 Å². The number of hydrogen-bond acceptors (Lipinski definition) is 3. The smallest absolute Gasteiger partial charge is 0.239 e. The molecule has 1 fully saturated rings. The summed E-state index contributed by atoms with van der Waals surface area (Å²) < 4.78 is 0. The number of rotatable bonds is 3. The number of benzene rings is 1. The number of carbonyl (C=O) groups excluding carboxylic acids is 2. The van der Waals surface area contributed by atoms with Crippen molar-refractivity contribution in [3.05, 3.63) is 35.4 Å². The summed E-state index contributed by atoms with van der Waals surface area (Å²) >= 11 is 0. The lowest BCUT2D eigenvalue weighted by molar-refractivity contribution is -0.139. The molecule has 0 bridgehead atoms. The highest BCUT2D eigenvalue weighted by molar-refractivity contribution is 5.82. The van der Waals surface area contributed by atoms with Gasteiger partial charge in [-0.1, -0.05) is 24.3 Å². The van der Waals surface area contributed by atoms with Gasteiger partial charge < -0.3 is 15.5 Å². The lowest BCUT2D eigenvalue weighted by atomic mass is 10.1. The molecule has 1 heterocycles. The van der Waals surface area contributed by atoms with Crippen molar-refractivity contribution < 1.29 is 9.59 Å². The van der Waals surface area contributed by atoms with Gasteiger partial charge in [0.1, 0.15) is 0 Å².